The van der Waals surface area contributed by atoms with E-state index in [0.29, 0.717) is 32.7 Å². The summed E-state index contributed by atoms with van der Waals surface area (Å²) in [7, 11) is 0. The van der Waals surface area contributed by atoms with E-state index in [1.807, 2.05) is 13.8 Å². The number of aliphatic hydroxyl groups excluding tert-OH is 1. The highest BCUT2D eigenvalue weighted by atomic mass is 35.5. The fourth-order valence-corrected chi connectivity index (χ4v) is 2.20. The van der Waals surface area contributed by atoms with E-state index in [9.17, 15) is 9.90 Å². The summed E-state index contributed by atoms with van der Waals surface area (Å²) in [5.41, 5.74) is -0.621. The molecular formula is C16H29ClN2O4. The van der Waals surface area contributed by atoms with Crippen LogP contribution in [0.3, 0.4) is 0 Å². The molecule has 1 aliphatic heterocycles. The van der Waals surface area contributed by atoms with E-state index >= 15 is 0 Å². The van der Waals surface area contributed by atoms with Crippen LogP contribution in [0.1, 0.15) is 27.2 Å². The summed E-state index contributed by atoms with van der Waals surface area (Å²) in [5, 5.41) is 10.1. The molecule has 6 nitrogen and oxygen atoms in total. The van der Waals surface area contributed by atoms with Gasteiger partial charge in [0.1, 0.15) is 5.60 Å². The van der Waals surface area contributed by atoms with Gasteiger partial charge in [-0.2, -0.15) is 0 Å². The molecule has 0 aromatic rings. The third kappa shape index (κ3) is 7.40. The number of aliphatic hydroxyl groups is 1. The second kappa shape index (κ2) is 10.7. The number of halogens is 1. The maximum absolute atomic E-state index is 11.6. The third-order valence-corrected chi connectivity index (χ3v) is 3.94. The maximum Gasteiger partial charge on any atom is 0.409 e. The van der Waals surface area contributed by atoms with Gasteiger partial charge in [-0.15, -0.1) is 18.8 Å². The fourth-order valence-electron chi connectivity index (χ4n) is 2.20. The molecule has 2 unspecified atom stereocenters. The number of carbonyl (C=O) groups excluding carboxylic acids is 1. The molecule has 2 atom stereocenters. The summed E-state index contributed by atoms with van der Waals surface area (Å²) in [6.07, 6.45) is 5.29. The number of hydrogen-bond donors (Lipinski definition) is 1. The molecule has 0 spiro atoms. The fraction of sp³-hybridized carbons (Fsp3) is 0.812. The largest absolute Gasteiger partial charge is 0.450 e. The standard InChI is InChI=1S/C16H28N2O4.ClH/c1-5-16(4,6-2)22-13-14(19)12-17-8-10-18(11-9-17)15(20)21-7-3;/h1,14,19H,6-13H2,2-4H3;1H. The second-order valence-electron chi connectivity index (χ2n) is 5.68. The normalized spacial score (nSPS) is 19.2. The van der Waals surface area contributed by atoms with E-state index in [4.69, 9.17) is 15.9 Å². The summed E-state index contributed by atoms with van der Waals surface area (Å²) < 4.78 is 10.6. The summed E-state index contributed by atoms with van der Waals surface area (Å²) in [6.45, 7) is 9.39. The van der Waals surface area contributed by atoms with Crippen molar-refractivity contribution in [3.8, 4) is 12.3 Å². The number of hydrogen-bond acceptors (Lipinski definition) is 5. The maximum atomic E-state index is 11.6. The van der Waals surface area contributed by atoms with Gasteiger partial charge in [0.15, 0.2) is 0 Å². The molecule has 0 bridgehead atoms. The predicted molar refractivity (Wildman–Crippen MR) is 91.8 cm³/mol. The SMILES string of the molecule is C#CC(C)(CC)OCC(O)CN1CCN(C(=O)OCC)CC1.Cl. The Kier molecular flexibility index (Phi) is 10.2. The molecule has 23 heavy (non-hydrogen) atoms. The summed E-state index contributed by atoms with van der Waals surface area (Å²) in [6, 6.07) is 0. The van der Waals surface area contributed by atoms with E-state index in [1.165, 1.54) is 0 Å². The van der Waals surface area contributed by atoms with Crippen LogP contribution in [0, 0.1) is 12.3 Å². The monoisotopic (exact) mass is 348 g/mol. The Labute approximate surface area is 145 Å². The summed E-state index contributed by atoms with van der Waals surface area (Å²) >= 11 is 0. The lowest BCUT2D eigenvalue weighted by Gasteiger charge is -2.35. The highest BCUT2D eigenvalue weighted by Gasteiger charge is 2.25. The first-order chi connectivity index (χ1) is 10.4. The first-order valence-electron chi connectivity index (χ1n) is 7.88. The molecule has 1 rings (SSSR count). The van der Waals surface area contributed by atoms with Gasteiger partial charge in [-0.3, -0.25) is 4.90 Å². The number of carbonyl (C=O) groups is 1. The lowest BCUT2D eigenvalue weighted by molar-refractivity contribution is -0.0497. The Bertz CT molecular complexity index is 394. The number of rotatable bonds is 7. The molecule has 0 aromatic heterocycles. The smallest absolute Gasteiger partial charge is 0.409 e. The first-order valence-corrected chi connectivity index (χ1v) is 7.88. The van der Waals surface area contributed by atoms with Crippen molar-refractivity contribution in [1.82, 2.24) is 9.80 Å². The lowest BCUT2D eigenvalue weighted by Crippen LogP contribution is -2.51. The number of amides is 1. The summed E-state index contributed by atoms with van der Waals surface area (Å²) in [5.74, 6) is 2.61. The Balaban J connectivity index is 0.00000484. The molecule has 7 heteroatoms. The highest BCUT2D eigenvalue weighted by Crippen LogP contribution is 2.14. The minimum absolute atomic E-state index is 0. The molecule has 0 aliphatic carbocycles. The first kappa shape index (κ1) is 22.0. The number of β-amino-alcohol motifs (C(OH)–C–C–N with tert-alkyl or cyclic N) is 1. The van der Waals surface area contributed by atoms with Crippen molar-refractivity contribution in [3.63, 3.8) is 0 Å². The highest BCUT2D eigenvalue weighted by molar-refractivity contribution is 5.85. The van der Waals surface area contributed by atoms with Crippen LogP contribution in [0.2, 0.25) is 0 Å². The molecule has 1 saturated heterocycles. The van der Waals surface area contributed by atoms with Crippen LogP contribution < -0.4 is 0 Å². The summed E-state index contributed by atoms with van der Waals surface area (Å²) in [4.78, 5) is 15.4. The molecule has 1 amide bonds. The molecule has 1 aliphatic rings. The lowest BCUT2D eigenvalue weighted by atomic mass is 10.1. The van der Waals surface area contributed by atoms with Crippen molar-refractivity contribution in [1.29, 1.82) is 0 Å². The molecule has 134 valence electrons. The van der Waals surface area contributed by atoms with Crippen molar-refractivity contribution in [2.24, 2.45) is 0 Å². The number of terminal acetylenes is 1. The zero-order valence-electron chi connectivity index (χ0n) is 14.3. The van der Waals surface area contributed by atoms with Crippen LogP contribution in [0.5, 0.6) is 0 Å². The minimum atomic E-state index is -0.621. The molecular weight excluding hydrogens is 320 g/mol. The number of piperazine rings is 1. The molecule has 0 saturated carbocycles. The van der Waals surface area contributed by atoms with Crippen molar-refractivity contribution in [2.45, 2.75) is 38.9 Å². The number of ether oxygens (including phenoxy) is 2. The van der Waals surface area contributed by atoms with Gasteiger partial charge in [0, 0.05) is 32.7 Å². The van der Waals surface area contributed by atoms with Crippen LogP contribution in [0.25, 0.3) is 0 Å². The topological polar surface area (TPSA) is 62.2 Å². The molecule has 0 aromatic carbocycles. The molecule has 1 heterocycles. The minimum Gasteiger partial charge on any atom is -0.450 e. The van der Waals surface area contributed by atoms with Crippen molar-refractivity contribution >= 4 is 18.5 Å². The van der Waals surface area contributed by atoms with E-state index < -0.39 is 11.7 Å². The molecule has 1 fully saturated rings. The van der Waals surface area contributed by atoms with Crippen molar-refractivity contribution < 1.29 is 19.4 Å². The van der Waals surface area contributed by atoms with Crippen LogP contribution in [0.15, 0.2) is 0 Å². The second-order valence-corrected chi connectivity index (χ2v) is 5.68. The van der Waals surface area contributed by atoms with Gasteiger partial charge < -0.3 is 19.5 Å². The van der Waals surface area contributed by atoms with Crippen LogP contribution in [-0.2, 0) is 9.47 Å². The van der Waals surface area contributed by atoms with Gasteiger partial charge in [-0.25, -0.2) is 4.79 Å². The van der Waals surface area contributed by atoms with Gasteiger partial charge >= 0.3 is 6.09 Å². The van der Waals surface area contributed by atoms with E-state index in [0.717, 1.165) is 13.1 Å². The average molecular weight is 349 g/mol. The average Bonchev–Trinajstić information content (AvgIpc) is 2.53. The van der Waals surface area contributed by atoms with Gasteiger partial charge in [-0.05, 0) is 20.3 Å². The van der Waals surface area contributed by atoms with Gasteiger partial charge in [0.05, 0.1) is 19.3 Å². The zero-order valence-corrected chi connectivity index (χ0v) is 15.1. The molecule has 1 N–H and O–H groups in total. The van der Waals surface area contributed by atoms with Crippen LogP contribution >= 0.6 is 12.4 Å². The van der Waals surface area contributed by atoms with Crippen LogP contribution in [0.4, 0.5) is 4.79 Å². The Morgan fingerprint density at radius 2 is 1.96 bits per heavy atom. The number of nitrogens with zero attached hydrogens (tertiary/aromatic N) is 2. The Morgan fingerprint density at radius 3 is 2.43 bits per heavy atom. The van der Waals surface area contributed by atoms with Gasteiger partial charge in [0.25, 0.3) is 0 Å². The van der Waals surface area contributed by atoms with Crippen LogP contribution in [-0.4, -0.2) is 78.6 Å². The van der Waals surface area contributed by atoms with Crippen molar-refractivity contribution in [3.05, 3.63) is 0 Å². The van der Waals surface area contributed by atoms with Gasteiger partial charge in [-0.1, -0.05) is 12.8 Å². The van der Waals surface area contributed by atoms with Crippen molar-refractivity contribution in [2.75, 3.05) is 45.9 Å². The van der Waals surface area contributed by atoms with E-state index in [2.05, 4.69) is 10.8 Å². The van der Waals surface area contributed by atoms with Gasteiger partial charge in [0.2, 0.25) is 0 Å². The Hall–Kier alpha value is -1.00. The zero-order chi connectivity index (χ0) is 16.6. The quantitative estimate of drug-likeness (QED) is 0.704. The van der Waals surface area contributed by atoms with E-state index in [1.54, 1.807) is 11.8 Å². The van der Waals surface area contributed by atoms with E-state index in [-0.39, 0.29) is 25.1 Å². The molecule has 0 radical (unpaired) electrons. The Morgan fingerprint density at radius 1 is 1.35 bits per heavy atom. The third-order valence-electron chi connectivity index (χ3n) is 3.94. The predicted octanol–water partition coefficient (Wildman–Crippen LogP) is 1.36.